The van der Waals surface area contributed by atoms with Crippen molar-refractivity contribution in [3.05, 3.63) is 35.4 Å². The number of halogens is 3. The van der Waals surface area contributed by atoms with Gasteiger partial charge in [-0.1, -0.05) is 18.2 Å². The molecule has 0 fully saturated rings. The molecule has 0 radical (unpaired) electrons. The minimum atomic E-state index is -4.28. The molecule has 0 amide bonds. The molecule has 1 rings (SSSR count). The highest BCUT2D eigenvalue weighted by atomic mass is 19.4. The summed E-state index contributed by atoms with van der Waals surface area (Å²) in [7, 11) is 1.61. The largest absolute Gasteiger partial charge is 0.416 e. The first-order chi connectivity index (χ1) is 8.43. The van der Waals surface area contributed by atoms with Crippen LogP contribution in [-0.2, 0) is 17.3 Å². The minimum Gasteiger partial charge on any atom is -0.383 e. The second-order valence-electron chi connectivity index (χ2n) is 4.25. The summed E-state index contributed by atoms with van der Waals surface area (Å²) in [6.45, 7) is 3.22. The predicted octanol–water partition coefficient (Wildman–Crippen LogP) is 2.87. The molecule has 0 heterocycles. The highest BCUT2D eigenvalue weighted by molar-refractivity contribution is 5.26. The fourth-order valence-electron chi connectivity index (χ4n) is 1.71. The van der Waals surface area contributed by atoms with Crippen molar-refractivity contribution in [1.29, 1.82) is 0 Å². The summed E-state index contributed by atoms with van der Waals surface area (Å²) in [6.07, 6.45) is -3.71. The molecule has 0 aliphatic heterocycles. The first kappa shape index (κ1) is 15.0. The van der Waals surface area contributed by atoms with Crippen LogP contribution in [0.25, 0.3) is 0 Å². The summed E-state index contributed by atoms with van der Waals surface area (Å²) in [6, 6.07) is 5.56. The molecule has 1 N–H and O–H groups in total. The zero-order valence-electron chi connectivity index (χ0n) is 10.6. The van der Waals surface area contributed by atoms with Crippen LogP contribution in [-0.4, -0.2) is 26.3 Å². The third-order valence-corrected chi connectivity index (χ3v) is 2.60. The average Bonchev–Trinajstić information content (AvgIpc) is 2.28. The Bertz CT molecular complexity index is 365. The number of ether oxygens (including phenoxy) is 1. The SMILES string of the molecule is COCCNC(C)Cc1cccc(C(F)(F)F)c1. The Morgan fingerprint density at radius 3 is 2.67 bits per heavy atom. The van der Waals surface area contributed by atoms with E-state index in [-0.39, 0.29) is 6.04 Å². The minimum absolute atomic E-state index is 0.114. The van der Waals surface area contributed by atoms with E-state index < -0.39 is 11.7 Å². The van der Waals surface area contributed by atoms with E-state index in [1.807, 2.05) is 6.92 Å². The molecule has 0 aromatic heterocycles. The topological polar surface area (TPSA) is 21.3 Å². The summed E-state index contributed by atoms with van der Waals surface area (Å²) in [4.78, 5) is 0. The molecule has 1 aromatic rings. The van der Waals surface area contributed by atoms with E-state index in [0.29, 0.717) is 25.1 Å². The first-order valence-electron chi connectivity index (χ1n) is 5.82. The van der Waals surface area contributed by atoms with Gasteiger partial charge in [-0.05, 0) is 25.0 Å². The highest BCUT2D eigenvalue weighted by Gasteiger charge is 2.30. The number of hydrogen-bond acceptors (Lipinski definition) is 2. The quantitative estimate of drug-likeness (QED) is 0.795. The van der Waals surface area contributed by atoms with Gasteiger partial charge in [-0.25, -0.2) is 0 Å². The number of benzene rings is 1. The van der Waals surface area contributed by atoms with E-state index in [0.717, 1.165) is 6.07 Å². The second-order valence-corrected chi connectivity index (χ2v) is 4.25. The van der Waals surface area contributed by atoms with Crippen LogP contribution in [0.3, 0.4) is 0 Å². The van der Waals surface area contributed by atoms with Gasteiger partial charge >= 0.3 is 6.18 Å². The van der Waals surface area contributed by atoms with Gasteiger partial charge in [0.25, 0.3) is 0 Å². The predicted molar refractivity (Wildman–Crippen MR) is 64.5 cm³/mol. The lowest BCUT2D eigenvalue weighted by molar-refractivity contribution is -0.137. The number of nitrogens with one attached hydrogen (secondary N) is 1. The zero-order chi connectivity index (χ0) is 13.6. The van der Waals surface area contributed by atoms with Gasteiger partial charge in [0.1, 0.15) is 0 Å². The highest BCUT2D eigenvalue weighted by Crippen LogP contribution is 2.29. The Hall–Kier alpha value is -1.07. The molecule has 102 valence electrons. The van der Waals surface area contributed by atoms with Crippen LogP contribution in [0.1, 0.15) is 18.1 Å². The van der Waals surface area contributed by atoms with E-state index in [9.17, 15) is 13.2 Å². The summed E-state index contributed by atoms with van der Waals surface area (Å²) >= 11 is 0. The molecule has 1 unspecified atom stereocenters. The van der Waals surface area contributed by atoms with Crippen molar-refractivity contribution in [2.45, 2.75) is 25.6 Å². The molecular weight excluding hydrogens is 243 g/mol. The molecule has 0 aliphatic rings. The van der Waals surface area contributed by atoms with Crippen LogP contribution in [0.4, 0.5) is 13.2 Å². The van der Waals surface area contributed by atoms with Crippen LogP contribution in [0.15, 0.2) is 24.3 Å². The molecular formula is C13H18F3NO. The Balaban J connectivity index is 2.57. The van der Waals surface area contributed by atoms with Gasteiger partial charge in [-0.15, -0.1) is 0 Å². The van der Waals surface area contributed by atoms with Crippen molar-refractivity contribution in [2.24, 2.45) is 0 Å². The normalized spacial score (nSPS) is 13.6. The lowest BCUT2D eigenvalue weighted by atomic mass is 10.0. The Morgan fingerprint density at radius 1 is 1.33 bits per heavy atom. The van der Waals surface area contributed by atoms with Crippen molar-refractivity contribution in [1.82, 2.24) is 5.32 Å². The maximum Gasteiger partial charge on any atom is 0.416 e. The van der Waals surface area contributed by atoms with Crippen LogP contribution in [0.5, 0.6) is 0 Å². The van der Waals surface area contributed by atoms with Gasteiger partial charge in [-0.2, -0.15) is 13.2 Å². The maximum atomic E-state index is 12.5. The van der Waals surface area contributed by atoms with Gasteiger partial charge in [0.2, 0.25) is 0 Å². The Labute approximate surface area is 105 Å². The Kier molecular flexibility index (Phi) is 5.62. The van der Waals surface area contributed by atoms with Crippen LogP contribution in [0, 0.1) is 0 Å². The maximum absolute atomic E-state index is 12.5. The smallest absolute Gasteiger partial charge is 0.383 e. The number of alkyl halides is 3. The molecule has 0 bridgehead atoms. The fourth-order valence-corrected chi connectivity index (χ4v) is 1.71. The van der Waals surface area contributed by atoms with Crippen LogP contribution in [0.2, 0.25) is 0 Å². The van der Waals surface area contributed by atoms with Gasteiger partial charge < -0.3 is 10.1 Å². The van der Waals surface area contributed by atoms with Crippen molar-refractivity contribution < 1.29 is 17.9 Å². The molecule has 0 saturated carbocycles. The molecule has 18 heavy (non-hydrogen) atoms. The Morgan fingerprint density at radius 2 is 2.06 bits per heavy atom. The van der Waals surface area contributed by atoms with Gasteiger partial charge in [0, 0.05) is 19.7 Å². The van der Waals surface area contributed by atoms with E-state index >= 15 is 0 Å². The summed E-state index contributed by atoms with van der Waals surface area (Å²) in [5, 5.41) is 3.18. The summed E-state index contributed by atoms with van der Waals surface area (Å²) in [5.41, 5.74) is 0.0892. The molecule has 0 spiro atoms. The fraction of sp³-hybridized carbons (Fsp3) is 0.538. The molecule has 0 saturated heterocycles. The molecule has 1 aromatic carbocycles. The summed E-state index contributed by atoms with van der Waals surface area (Å²) < 4.78 is 42.5. The molecule has 0 aliphatic carbocycles. The number of rotatable bonds is 6. The van der Waals surface area contributed by atoms with Crippen molar-refractivity contribution in [3.63, 3.8) is 0 Å². The summed E-state index contributed by atoms with van der Waals surface area (Å²) in [5.74, 6) is 0. The molecule has 2 nitrogen and oxygen atoms in total. The third-order valence-electron chi connectivity index (χ3n) is 2.60. The van der Waals surface area contributed by atoms with E-state index in [2.05, 4.69) is 5.32 Å². The third kappa shape index (κ3) is 5.06. The molecule has 1 atom stereocenters. The standard InChI is InChI=1S/C13H18F3NO/c1-10(17-6-7-18-2)8-11-4-3-5-12(9-11)13(14,15)16/h3-5,9-10,17H,6-8H2,1-2H3. The zero-order valence-corrected chi connectivity index (χ0v) is 10.6. The number of methoxy groups -OCH3 is 1. The van der Waals surface area contributed by atoms with Gasteiger partial charge in [0.15, 0.2) is 0 Å². The van der Waals surface area contributed by atoms with Crippen molar-refractivity contribution >= 4 is 0 Å². The lowest BCUT2D eigenvalue weighted by Gasteiger charge is -2.14. The van der Waals surface area contributed by atoms with Crippen LogP contribution >= 0.6 is 0 Å². The monoisotopic (exact) mass is 261 g/mol. The number of hydrogen-bond donors (Lipinski definition) is 1. The van der Waals surface area contributed by atoms with Crippen molar-refractivity contribution in [2.75, 3.05) is 20.3 Å². The lowest BCUT2D eigenvalue weighted by Crippen LogP contribution is -2.31. The molecule has 5 heteroatoms. The van der Waals surface area contributed by atoms with Crippen molar-refractivity contribution in [3.8, 4) is 0 Å². The van der Waals surface area contributed by atoms with Gasteiger partial charge in [-0.3, -0.25) is 0 Å². The van der Waals surface area contributed by atoms with Crippen LogP contribution < -0.4 is 5.32 Å². The average molecular weight is 261 g/mol. The second kappa shape index (κ2) is 6.75. The van der Waals surface area contributed by atoms with E-state index in [1.54, 1.807) is 13.2 Å². The first-order valence-corrected chi connectivity index (χ1v) is 5.82. The van der Waals surface area contributed by atoms with Gasteiger partial charge in [0.05, 0.1) is 12.2 Å². The van der Waals surface area contributed by atoms with E-state index in [1.165, 1.54) is 12.1 Å². The van der Waals surface area contributed by atoms with E-state index in [4.69, 9.17) is 4.74 Å².